The first-order chi connectivity index (χ1) is 9.70. The van der Waals surface area contributed by atoms with Crippen LogP contribution < -0.4 is 4.74 Å². The number of hydrogen-bond donors (Lipinski definition) is 0. The Kier molecular flexibility index (Phi) is 5.02. The van der Waals surface area contributed by atoms with Gasteiger partial charge in [0.1, 0.15) is 11.3 Å². The van der Waals surface area contributed by atoms with Gasteiger partial charge in [-0.1, -0.05) is 41.9 Å². The summed E-state index contributed by atoms with van der Waals surface area (Å²) in [7, 11) is 1.50. The highest BCUT2D eigenvalue weighted by molar-refractivity contribution is 6.31. The number of esters is 1. The predicted octanol–water partition coefficient (Wildman–Crippen LogP) is 3.75. The number of halogens is 1. The van der Waals surface area contributed by atoms with Gasteiger partial charge in [-0.25, -0.2) is 4.79 Å². The molecule has 0 aliphatic carbocycles. The largest absolute Gasteiger partial charge is 0.496 e. The van der Waals surface area contributed by atoms with E-state index >= 15 is 0 Å². The van der Waals surface area contributed by atoms with Crippen LogP contribution in [-0.2, 0) is 11.2 Å². The van der Waals surface area contributed by atoms with E-state index in [4.69, 9.17) is 21.1 Å². The highest BCUT2D eigenvalue weighted by Crippen LogP contribution is 2.23. The molecule has 2 aromatic carbocycles. The Hall–Kier alpha value is -2.00. The first kappa shape index (κ1) is 14.4. The van der Waals surface area contributed by atoms with Crippen LogP contribution in [0.2, 0.25) is 5.02 Å². The number of benzene rings is 2. The lowest BCUT2D eigenvalue weighted by Gasteiger charge is -2.09. The van der Waals surface area contributed by atoms with Crippen molar-refractivity contribution in [3.05, 3.63) is 64.7 Å². The van der Waals surface area contributed by atoms with E-state index in [0.717, 1.165) is 5.56 Å². The third kappa shape index (κ3) is 3.75. The number of rotatable bonds is 5. The molecule has 0 heterocycles. The number of carbonyl (C=O) groups is 1. The maximum Gasteiger partial charge on any atom is 0.341 e. The summed E-state index contributed by atoms with van der Waals surface area (Å²) >= 11 is 5.88. The molecule has 0 spiro atoms. The fourth-order valence-corrected chi connectivity index (χ4v) is 2.00. The SMILES string of the molecule is COc1ccc(Cl)cc1C(=O)OCCc1ccccc1. The van der Waals surface area contributed by atoms with Crippen LogP contribution in [0.15, 0.2) is 48.5 Å². The normalized spacial score (nSPS) is 10.1. The van der Waals surface area contributed by atoms with Gasteiger partial charge in [-0.15, -0.1) is 0 Å². The molecule has 104 valence electrons. The Balaban J connectivity index is 1.97. The van der Waals surface area contributed by atoms with Crippen LogP contribution in [-0.4, -0.2) is 19.7 Å². The Morgan fingerprint density at radius 2 is 1.90 bits per heavy atom. The fraction of sp³-hybridized carbons (Fsp3) is 0.188. The van der Waals surface area contributed by atoms with Crippen LogP contribution in [0.25, 0.3) is 0 Å². The van der Waals surface area contributed by atoms with Crippen LogP contribution in [0.3, 0.4) is 0 Å². The molecule has 2 aromatic rings. The quantitative estimate of drug-likeness (QED) is 0.787. The van der Waals surface area contributed by atoms with Crippen molar-refractivity contribution >= 4 is 17.6 Å². The van der Waals surface area contributed by atoms with Gasteiger partial charge in [-0.3, -0.25) is 0 Å². The van der Waals surface area contributed by atoms with Gasteiger partial charge in [-0.2, -0.15) is 0 Å². The van der Waals surface area contributed by atoms with Crippen molar-refractivity contribution in [1.29, 1.82) is 0 Å². The lowest BCUT2D eigenvalue weighted by molar-refractivity contribution is 0.0505. The second kappa shape index (κ2) is 6.96. The summed E-state index contributed by atoms with van der Waals surface area (Å²) < 4.78 is 10.4. The molecule has 20 heavy (non-hydrogen) atoms. The molecule has 0 aliphatic heterocycles. The highest BCUT2D eigenvalue weighted by atomic mass is 35.5. The summed E-state index contributed by atoms with van der Waals surface area (Å²) in [5.41, 5.74) is 1.46. The van der Waals surface area contributed by atoms with Gasteiger partial charge >= 0.3 is 5.97 Å². The van der Waals surface area contributed by atoms with E-state index < -0.39 is 5.97 Å². The van der Waals surface area contributed by atoms with Crippen LogP contribution in [0.4, 0.5) is 0 Å². The average Bonchev–Trinajstić information content (AvgIpc) is 2.48. The molecule has 4 heteroatoms. The van der Waals surface area contributed by atoms with E-state index in [-0.39, 0.29) is 0 Å². The minimum Gasteiger partial charge on any atom is -0.496 e. The summed E-state index contributed by atoms with van der Waals surface area (Å²) in [4.78, 5) is 12.0. The van der Waals surface area contributed by atoms with E-state index in [0.29, 0.717) is 29.4 Å². The lowest BCUT2D eigenvalue weighted by atomic mass is 10.2. The highest BCUT2D eigenvalue weighted by Gasteiger charge is 2.14. The number of hydrogen-bond acceptors (Lipinski definition) is 3. The zero-order valence-corrected chi connectivity index (χ0v) is 11.9. The number of methoxy groups -OCH3 is 1. The second-order valence-electron chi connectivity index (χ2n) is 4.22. The first-order valence-corrected chi connectivity index (χ1v) is 6.63. The third-order valence-electron chi connectivity index (χ3n) is 2.85. The van der Waals surface area contributed by atoms with Gasteiger partial charge in [0.05, 0.1) is 13.7 Å². The number of ether oxygens (including phenoxy) is 2. The zero-order chi connectivity index (χ0) is 14.4. The van der Waals surface area contributed by atoms with E-state index in [2.05, 4.69) is 0 Å². The molecule has 0 atom stereocenters. The monoisotopic (exact) mass is 290 g/mol. The van der Waals surface area contributed by atoms with Crippen molar-refractivity contribution in [2.75, 3.05) is 13.7 Å². The van der Waals surface area contributed by atoms with Crippen LogP contribution >= 0.6 is 11.6 Å². The summed E-state index contributed by atoms with van der Waals surface area (Å²) in [6.07, 6.45) is 0.676. The summed E-state index contributed by atoms with van der Waals surface area (Å²) in [6.45, 7) is 0.318. The molecule has 0 unspecified atom stereocenters. The average molecular weight is 291 g/mol. The van der Waals surface area contributed by atoms with Crippen molar-refractivity contribution in [1.82, 2.24) is 0 Å². The van der Waals surface area contributed by atoms with Crippen LogP contribution in [0.5, 0.6) is 5.75 Å². The molecule has 0 saturated carbocycles. The maximum absolute atomic E-state index is 12.0. The molecule has 0 fully saturated rings. The smallest absolute Gasteiger partial charge is 0.341 e. The van der Waals surface area contributed by atoms with Crippen LogP contribution in [0, 0.1) is 0 Å². The Morgan fingerprint density at radius 1 is 1.15 bits per heavy atom. The van der Waals surface area contributed by atoms with E-state index in [1.807, 2.05) is 30.3 Å². The molecule has 0 bridgehead atoms. The van der Waals surface area contributed by atoms with E-state index in [9.17, 15) is 4.79 Å². The molecular formula is C16H15ClO3. The zero-order valence-electron chi connectivity index (χ0n) is 11.1. The minimum atomic E-state index is -0.430. The van der Waals surface area contributed by atoms with Gasteiger partial charge < -0.3 is 9.47 Å². The number of carbonyl (C=O) groups excluding carboxylic acids is 1. The topological polar surface area (TPSA) is 35.5 Å². The predicted molar refractivity (Wildman–Crippen MR) is 78.4 cm³/mol. The van der Waals surface area contributed by atoms with Gasteiger partial charge in [0.15, 0.2) is 0 Å². The molecule has 0 aromatic heterocycles. The molecule has 0 radical (unpaired) electrons. The van der Waals surface area contributed by atoms with Crippen molar-refractivity contribution in [2.45, 2.75) is 6.42 Å². The standard InChI is InChI=1S/C16H15ClO3/c1-19-15-8-7-13(17)11-14(15)16(18)20-10-9-12-5-3-2-4-6-12/h2-8,11H,9-10H2,1H3. The summed E-state index contributed by atoms with van der Waals surface area (Å²) in [6, 6.07) is 14.7. The first-order valence-electron chi connectivity index (χ1n) is 6.25. The fourth-order valence-electron chi connectivity index (χ4n) is 1.82. The molecule has 3 nitrogen and oxygen atoms in total. The molecule has 0 N–H and O–H groups in total. The van der Waals surface area contributed by atoms with Crippen LogP contribution in [0.1, 0.15) is 15.9 Å². The van der Waals surface area contributed by atoms with Crippen molar-refractivity contribution < 1.29 is 14.3 Å². The Morgan fingerprint density at radius 3 is 2.60 bits per heavy atom. The van der Waals surface area contributed by atoms with E-state index in [1.54, 1.807) is 18.2 Å². The maximum atomic E-state index is 12.0. The van der Waals surface area contributed by atoms with Gasteiger partial charge in [0.25, 0.3) is 0 Å². The lowest BCUT2D eigenvalue weighted by Crippen LogP contribution is -2.09. The minimum absolute atomic E-state index is 0.318. The van der Waals surface area contributed by atoms with Crippen molar-refractivity contribution in [3.63, 3.8) is 0 Å². The summed E-state index contributed by atoms with van der Waals surface area (Å²) in [5.74, 6) is 0.0272. The summed E-state index contributed by atoms with van der Waals surface area (Å²) in [5, 5.41) is 0.473. The molecule has 0 aliphatic rings. The van der Waals surface area contributed by atoms with Crippen molar-refractivity contribution in [3.8, 4) is 5.75 Å². The third-order valence-corrected chi connectivity index (χ3v) is 3.08. The molecule has 0 saturated heterocycles. The Labute approximate surface area is 123 Å². The molecular weight excluding hydrogens is 276 g/mol. The Bertz CT molecular complexity index is 582. The molecule has 2 rings (SSSR count). The molecule has 0 amide bonds. The second-order valence-corrected chi connectivity index (χ2v) is 4.65. The van der Waals surface area contributed by atoms with Crippen molar-refractivity contribution in [2.24, 2.45) is 0 Å². The van der Waals surface area contributed by atoms with E-state index in [1.165, 1.54) is 7.11 Å². The van der Waals surface area contributed by atoms with Gasteiger partial charge in [0.2, 0.25) is 0 Å². The van der Waals surface area contributed by atoms with Gasteiger partial charge in [0, 0.05) is 11.4 Å². The van der Waals surface area contributed by atoms with Gasteiger partial charge in [-0.05, 0) is 23.8 Å².